The average molecular weight is 550 g/mol. The van der Waals surface area contributed by atoms with Crippen LogP contribution in [0, 0.1) is 0 Å². The van der Waals surface area contributed by atoms with Crippen molar-refractivity contribution in [2.45, 2.75) is 0 Å². The van der Waals surface area contributed by atoms with E-state index in [4.69, 9.17) is 3.07 Å². The van der Waals surface area contributed by atoms with Gasteiger partial charge in [0.05, 0.1) is 0 Å². The Balaban J connectivity index is 1.92. The first-order chi connectivity index (χ1) is 14.2. The first-order valence-electron chi connectivity index (χ1n) is 9.35. The van der Waals surface area contributed by atoms with Gasteiger partial charge < -0.3 is 0 Å². The molecule has 0 atom stereocenters. The third kappa shape index (κ3) is 4.16. The number of halogens is 1. The van der Waals surface area contributed by atoms with Gasteiger partial charge in [-0.05, 0) is 0 Å². The fourth-order valence-corrected chi connectivity index (χ4v) is 14.4. The zero-order chi connectivity index (χ0) is 20.1. The van der Waals surface area contributed by atoms with E-state index < -0.39 is 18.8 Å². The molecule has 142 valence electrons. The van der Waals surface area contributed by atoms with Crippen molar-refractivity contribution in [3.05, 3.63) is 125 Å². The van der Waals surface area contributed by atoms with E-state index in [1.165, 1.54) is 0 Å². The summed E-state index contributed by atoms with van der Waals surface area (Å²) in [5, 5.41) is 0. The van der Waals surface area contributed by atoms with Gasteiger partial charge in [0.1, 0.15) is 0 Å². The molecule has 0 aromatic heterocycles. The van der Waals surface area contributed by atoms with Crippen LogP contribution in [0.5, 0.6) is 0 Å². The first-order valence-corrected chi connectivity index (χ1v) is 15.6. The van der Waals surface area contributed by atoms with Crippen LogP contribution in [-0.2, 0) is 3.07 Å². The molecular weight excluding hydrogens is 531 g/mol. The molecule has 0 saturated heterocycles. The Morgan fingerprint density at radius 1 is 0.586 bits per heavy atom. The second-order valence-corrected chi connectivity index (χ2v) is 17.0. The van der Waals surface area contributed by atoms with Gasteiger partial charge in [0, 0.05) is 0 Å². The summed E-state index contributed by atoms with van der Waals surface area (Å²) in [6, 6.07) is 37.9. The first kappa shape index (κ1) is 19.9. The van der Waals surface area contributed by atoms with E-state index in [2.05, 4.69) is 52.3 Å². The fourth-order valence-electron chi connectivity index (χ4n) is 3.48. The minimum absolute atomic E-state index is 0.287. The van der Waals surface area contributed by atoms with E-state index in [9.17, 15) is 4.79 Å². The zero-order valence-electron chi connectivity index (χ0n) is 15.7. The van der Waals surface area contributed by atoms with E-state index in [1.807, 2.05) is 66.7 Å². The number of hydrogen-bond donors (Lipinski definition) is 0. The molecule has 0 unspecified atom stereocenters. The molecule has 0 spiro atoms. The summed E-state index contributed by atoms with van der Waals surface area (Å²) in [7, 11) is 0. The molecule has 4 rings (SSSR count). The Labute approximate surface area is 183 Å². The summed E-state index contributed by atoms with van der Waals surface area (Å²) < 4.78 is 10.8. The van der Waals surface area contributed by atoms with E-state index >= 15 is 0 Å². The van der Waals surface area contributed by atoms with Crippen LogP contribution in [0.4, 0.5) is 0 Å². The third-order valence-corrected chi connectivity index (χ3v) is 16.6. The molecule has 0 amide bonds. The summed E-state index contributed by atoms with van der Waals surface area (Å²) in [5.74, 6) is -0.287. The number of rotatable bonds is 5. The van der Waals surface area contributed by atoms with Crippen molar-refractivity contribution in [3.63, 3.8) is 0 Å². The SMILES string of the molecule is O=C([O][Sn]([c]1ccccc1)([c]1ccccc1)[c]1ccccc1)c1ccc(Br)cc1. The summed E-state index contributed by atoms with van der Waals surface area (Å²) in [6.07, 6.45) is 0. The van der Waals surface area contributed by atoms with Crippen molar-refractivity contribution < 1.29 is 7.87 Å². The summed E-state index contributed by atoms with van der Waals surface area (Å²) >= 11 is -0.633. The van der Waals surface area contributed by atoms with Gasteiger partial charge in [-0.15, -0.1) is 0 Å². The molecule has 0 radical (unpaired) electrons. The monoisotopic (exact) mass is 550 g/mol. The second-order valence-electron chi connectivity index (χ2n) is 6.68. The second kappa shape index (κ2) is 8.97. The van der Waals surface area contributed by atoms with Gasteiger partial charge in [-0.1, -0.05) is 0 Å². The molecule has 0 N–H and O–H groups in total. The van der Waals surface area contributed by atoms with Crippen molar-refractivity contribution in [1.29, 1.82) is 0 Å². The maximum absolute atomic E-state index is 13.3. The van der Waals surface area contributed by atoms with Crippen LogP contribution in [0.15, 0.2) is 120 Å². The van der Waals surface area contributed by atoms with Gasteiger partial charge in [0.25, 0.3) is 0 Å². The van der Waals surface area contributed by atoms with Crippen molar-refractivity contribution in [2.75, 3.05) is 0 Å². The standard InChI is InChI=1S/C7H5BrO2.3C6H5.Sn/c8-6-3-1-5(2-4-6)7(9)10;3*1-2-4-6-5-3-1;/h1-4H,(H,9,10);3*1-5H;/q;;;;+1/p-1. The average Bonchev–Trinajstić information content (AvgIpc) is 2.79. The Morgan fingerprint density at radius 2 is 0.966 bits per heavy atom. The zero-order valence-corrected chi connectivity index (χ0v) is 20.1. The molecular formula is C25H19BrO2Sn. The fraction of sp³-hybridized carbons (Fsp3) is 0. The number of carbonyl (C=O) groups excluding carboxylic acids is 1. The van der Waals surface area contributed by atoms with Crippen molar-refractivity contribution in [2.24, 2.45) is 0 Å². The molecule has 0 aliphatic carbocycles. The summed E-state index contributed by atoms with van der Waals surface area (Å²) in [5.41, 5.74) is 0.553. The predicted octanol–water partition coefficient (Wildman–Crippen LogP) is 4.27. The maximum atomic E-state index is 13.3. The molecule has 0 bridgehead atoms. The Hall–Kier alpha value is -2.37. The molecule has 0 fully saturated rings. The van der Waals surface area contributed by atoms with Crippen LogP contribution in [-0.4, -0.2) is 24.8 Å². The Bertz CT molecular complexity index is 985. The normalized spacial score (nSPS) is 11.1. The van der Waals surface area contributed by atoms with Crippen LogP contribution in [0.25, 0.3) is 0 Å². The molecule has 2 nitrogen and oxygen atoms in total. The van der Waals surface area contributed by atoms with E-state index in [0.29, 0.717) is 5.56 Å². The molecule has 4 aromatic rings. The molecule has 0 heterocycles. The van der Waals surface area contributed by atoms with Gasteiger partial charge in [-0.25, -0.2) is 0 Å². The minimum atomic E-state index is -4.06. The quantitative estimate of drug-likeness (QED) is 0.348. The summed E-state index contributed by atoms with van der Waals surface area (Å²) in [4.78, 5) is 13.3. The van der Waals surface area contributed by atoms with Crippen LogP contribution in [0.1, 0.15) is 10.4 Å². The van der Waals surface area contributed by atoms with E-state index in [1.54, 1.807) is 12.1 Å². The van der Waals surface area contributed by atoms with Gasteiger partial charge in [0.2, 0.25) is 0 Å². The third-order valence-electron chi connectivity index (χ3n) is 4.87. The molecule has 0 aliphatic rings. The molecule has 4 aromatic carbocycles. The van der Waals surface area contributed by atoms with E-state index in [-0.39, 0.29) is 5.97 Å². The van der Waals surface area contributed by atoms with Gasteiger partial charge in [-0.3, -0.25) is 0 Å². The number of carbonyl (C=O) groups is 1. The molecule has 0 saturated carbocycles. The Kier molecular flexibility index (Phi) is 6.16. The Morgan fingerprint density at radius 3 is 1.34 bits per heavy atom. The van der Waals surface area contributed by atoms with Crippen LogP contribution in [0.2, 0.25) is 0 Å². The van der Waals surface area contributed by atoms with Gasteiger partial charge in [0.15, 0.2) is 0 Å². The summed E-state index contributed by atoms with van der Waals surface area (Å²) in [6.45, 7) is 0. The van der Waals surface area contributed by atoms with Gasteiger partial charge >= 0.3 is 185 Å². The van der Waals surface area contributed by atoms with Crippen LogP contribution in [0.3, 0.4) is 0 Å². The molecule has 4 heteroatoms. The van der Waals surface area contributed by atoms with Crippen molar-refractivity contribution in [1.82, 2.24) is 0 Å². The van der Waals surface area contributed by atoms with Gasteiger partial charge in [-0.2, -0.15) is 0 Å². The molecule has 29 heavy (non-hydrogen) atoms. The predicted molar refractivity (Wildman–Crippen MR) is 124 cm³/mol. The van der Waals surface area contributed by atoms with E-state index in [0.717, 1.165) is 15.2 Å². The van der Waals surface area contributed by atoms with Crippen molar-refractivity contribution >= 4 is 51.4 Å². The van der Waals surface area contributed by atoms with Crippen molar-refractivity contribution in [3.8, 4) is 0 Å². The number of hydrogen-bond acceptors (Lipinski definition) is 2. The number of benzene rings is 4. The topological polar surface area (TPSA) is 26.3 Å². The van der Waals surface area contributed by atoms with Crippen LogP contribution >= 0.6 is 15.9 Å². The molecule has 0 aliphatic heterocycles. The van der Waals surface area contributed by atoms with Crippen LogP contribution < -0.4 is 10.7 Å².